The summed E-state index contributed by atoms with van der Waals surface area (Å²) in [7, 11) is 0. The Bertz CT molecular complexity index is 1630. The molecule has 2 aromatic heterocycles. The van der Waals surface area contributed by atoms with Crippen LogP contribution in [0.1, 0.15) is 30.8 Å². The largest absolute Gasteiger partial charge is 0.358 e. The van der Waals surface area contributed by atoms with Gasteiger partial charge in [-0.15, -0.1) is 0 Å². The number of aromatic nitrogens is 3. The fourth-order valence-electron chi connectivity index (χ4n) is 4.83. The molecule has 4 N–H and O–H groups in total. The van der Waals surface area contributed by atoms with E-state index in [1.54, 1.807) is 6.08 Å². The Balaban J connectivity index is 1.47. The number of halogens is 2. The van der Waals surface area contributed by atoms with Gasteiger partial charge in [0.25, 0.3) is 5.91 Å². The predicted octanol–water partition coefficient (Wildman–Crippen LogP) is 5.50. The lowest BCUT2D eigenvalue weighted by Gasteiger charge is -2.17. The van der Waals surface area contributed by atoms with E-state index in [0.717, 1.165) is 30.8 Å². The van der Waals surface area contributed by atoms with Crippen LogP contribution in [-0.2, 0) is 16.0 Å². The van der Waals surface area contributed by atoms with Crippen LogP contribution in [-0.4, -0.2) is 57.8 Å². The maximum absolute atomic E-state index is 13.7. The highest BCUT2D eigenvalue weighted by atomic mass is 35.5. The van der Waals surface area contributed by atoms with Crippen LogP contribution in [0, 0.1) is 5.82 Å². The second-order valence-electron chi connectivity index (χ2n) is 9.75. The van der Waals surface area contributed by atoms with Crippen molar-refractivity contribution in [3.05, 3.63) is 88.7 Å². The first kappa shape index (κ1) is 29.0. The van der Waals surface area contributed by atoms with Crippen molar-refractivity contribution in [1.82, 2.24) is 25.2 Å². The molecule has 0 aliphatic carbocycles. The normalized spacial score (nSPS) is 13.4. The number of carbonyl (C=O) groups is 2. The Morgan fingerprint density at radius 2 is 1.88 bits per heavy atom. The molecule has 0 spiro atoms. The number of H-pyrrole nitrogens is 1. The summed E-state index contributed by atoms with van der Waals surface area (Å²) in [5, 5.41) is 8.86. The van der Waals surface area contributed by atoms with Crippen molar-refractivity contribution in [2.45, 2.75) is 20.3 Å². The number of nitrogens with one attached hydrogen (secondary N) is 4. The first-order chi connectivity index (χ1) is 20.4. The minimum Gasteiger partial charge on any atom is -0.358 e. The second kappa shape index (κ2) is 13.0. The first-order valence-electron chi connectivity index (χ1n) is 13.7. The molecular formula is C31H31ClFN7O2. The van der Waals surface area contributed by atoms with Crippen molar-refractivity contribution in [1.29, 1.82) is 0 Å². The minimum atomic E-state index is -0.541. The highest BCUT2D eigenvalue weighted by Gasteiger charge is 2.30. The molecule has 3 heterocycles. The number of hydrogen-bond donors (Lipinski definition) is 4. The molecule has 42 heavy (non-hydrogen) atoms. The van der Waals surface area contributed by atoms with Gasteiger partial charge in [0.1, 0.15) is 23.8 Å². The maximum atomic E-state index is 13.7. The minimum absolute atomic E-state index is 0.0424. The third-order valence-electron chi connectivity index (χ3n) is 7.05. The zero-order chi connectivity index (χ0) is 29.6. The molecule has 0 unspecified atom stereocenters. The highest BCUT2D eigenvalue weighted by molar-refractivity contribution is 6.35. The molecule has 2 aromatic carbocycles. The summed E-state index contributed by atoms with van der Waals surface area (Å²) in [4.78, 5) is 40.1. The fraction of sp³-hybridized carbons (Fsp3) is 0.226. The molecule has 1 aliphatic heterocycles. The van der Waals surface area contributed by atoms with Crippen molar-refractivity contribution in [2.75, 3.05) is 36.8 Å². The van der Waals surface area contributed by atoms with Crippen LogP contribution in [0.5, 0.6) is 0 Å². The first-order valence-corrected chi connectivity index (χ1v) is 14.1. The SMILES string of the molecule is CCN(CC)CCNC(=O)Cc1cc(-c2ccccc2)c(/C=C2\C(=O)Nc3ncnc(Nc4ccc(F)c(Cl)c4)c32)[nH]1. The molecular weight excluding hydrogens is 557 g/mol. The maximum Gasteiger partial charge on any atom is 0.257 e. The van der Waals surface area contributed by atoms with Crippen LogP contribution in [0.2, 0.25) is 5.02 Å². The monoisotopic (exact) mass is 587 g/mol. The number of likely N-dealkylation sites (N-methyl/N-ethyl adjacent to an activating group) is 1. The second-order valence-corrected chi connectivity index (χ2v) is 10.2. The van der Waals surface area contributed by atoms with Gasteiger partial charge in [-0.2, -0.15) is 0 Å². The molecule has 0 radical (unpaired) electrons. The van der Waals surface area contributed by atoms with Crippen LogP contribution in [0.3, 0.4) is 0 Å². The summed E-state index contributed by atoms with van der Waals surface area (Å²) in [6.45, 7) is 7.40. The van der Waals surface area contributed by atoms with Gasteiger partial charge in [0, 0.05) is 35.7 Å². The Morgan fingerprint density at radius 3 is 2.62 bits per heavy atom. The smallest absolute Gasteiger partial charge is 0.257 e. The van der Waals surface area contributed by atoms with Gasteiger partial charge < -0.3 is 25.8 Å². The lowest BCUT2D eigenvalue weighted by molar-refractivity contribution is -0.120. The molecule has 216 valence electrons. The van der Waals surface area contributed by atoms with E-state index in [-0.39, 0.29) is 23.3 Å². The van der Waals surface area contributed by atoms with Gasteiger partial charge >= 0.3 is 0 Å². The van der Waals surface area contributed by atoms with Gasteiger partial charge in [-0.05, 0) is 49.0 Å². The van der Waals surface area contributed by atoms with Crippen molar-refractivity contribution in [3.63, 3.8) is 0 Å². The average molecular weight is 588 g/mol. The number of hydrogen-bond acceptors (Lipinski definition) is 6. The molecule has 4 aromatic rings. The Hall–Kier alpha value is -4.54. The number of benzene rings is 2. The Kier molecular flexibility index (Phi) is 8.94. The molecule has 5 rings (SSSR count). The van der Waals surface area contributed by atoms with E-state index in [1.165, 1.54) is 24.5 Å². The number of carbonyl (C=O) groups excluding carboxylic acids is 2. The summed E-state index contributed by atoms with van der Waals surface area (Å²) in [5.74, 6) is -0.286. The van der Waals surface area contributed by atoms with Gasteiger partial charge in [-0.3, -0.25) is 9.59 Å². The molecule has 1 aliphatic rings. The number of aromatic amines is 1. The molecule has 0 fully saturated rings. The quantitative estimate of drug-likeness (QED) is 0.172. The lowest BCUT2D eigenvalue weighted by atomic mass is 10.0. The van der Waals surface area contributed by atoms with E-state index >= 15 is 0 Å². The summed E-state index contributed by atoms with van der Waals surface area (Å²) < 4.78 is 13.7. The number of rotatable bonds is 11. The van der Waals surface area contributed by atoms with Crippen LogP contribution < -0.4 is 16.0 Å². The van der Waals surface area contributed by atoms with E-state index < -0.39 is 5.82 Å². The van der Waals surface area contributed by atoms with Crippen molar-refractivity contribution >= 4 is 52.4 Å². The number of amides is 2. The van der Waals surface area contributed by atoms with Gasteiger partial charge in [0.15, 0.2) is 0 Å². The summed E-state index contributed by atoms with van der Waals surface area (Å²) in [6.07, 6.45) is 3.22. The standard InChI is InChI=1S/C31H31ClFN7O2/c1-3-40(4-2)13-12-34-27(41)16-21-14-22(19-8-6-5-7-9-19)26(37-21)17-23-28-29(35-18-36-30(28)39-31(23)42)38-20-10-11-25(33)24(32)15-20/h5-11,14-15,17-18,37H,3-4,12-13,16H2,1-2H3,(H,34,41)(H2,35,36,38,39,42)/b23-17-. The van der Waals surface area contributed by atoms with Gasteiger partial charge in [0.2, 0.25) is 5.91 Å². The zero-order valence-corrected chi connectivity index (χ0v) is 24.1. The third kappa shape index (κ3) is 6.50. The average Bonchev–Trinajstić information content (AvgIpc) is 3.53. The molecule has 9 nitrogen and oxygen atoms in total. The van der Waals surface area contributed by atoms with Crippen LogP contribution in [0.4, 0.5) is 21.7 Å². The zero-order valence-electron chi connectivity index (χ0n) is 23.3. The highest BCUT2D eigenvalue weighted by Crippen LogP contribution is 2.38. The van der Waals surface area contributed by atoms with Gasteiger partial charge in [0.05, 0.1) is 22.6 Å². The van der Waals surface area contributed by atoms with E-state index in [0.29, 0.717) is 46.4 Å². The van der Waals surface area contributed by atoms with E-state index in [1.807, 2.05) is 36.4 Å². The molecule has 11 heteroatoms. The van der Waals surface area contributed by atoms with Gasteiger partial charge in [-0.1, -0.05) is 55.8 Å². The lowest BCUT2D eigenvalue weighted by Crippen LogP contribution is -2.35. The van der Waals surface area contributed by atoms with Crippen LogP contribution in [0.25, 0.3) is 22.8 Å². The summed E-state index contributed by atoms with van der Waals surface area (Å²) in [6, 6.07) is 15.9. The predicted molar refractivity (Wildman–Crippen MR) is 164 cm³/mol. The Morgan fingerprint density at radius 1 is 1.10 bits per heavy atom. The molecule has 0 atom stereocenters. The molecule has 0 saturated carbocycles. The van der Waals surface area contributed by atoms with Crippen LogP contribution in [0.15, 0.2) is 60.9 Å². The summed E-state index contributed by atoms with van der Waals surface area (Å²) in [5.41, 5.74) is 4.43. The van der Waals surface area contributed by atoms with Crippen molar-refractivity contribution in [2.24, 2.45) is 0 Å². The molecule has 0 bridgehead atoms. The number of fused-ring (bicyclic) bond motifs is 1. The van der Waals surface area contributed by atoms with E-state index in [4.69, 9.17) is 11.6 Å². The van der Waals surface area contributed by atoms with Crippen LogP contribution >= 0.6 is 11.6 Å². The molecule has 0 saturated heterocycles. The van der Waals surface area contributed by atoms with Gasteiger partial charge in [-0.25, -0.2) is 14.4 Å². The fourth-order valence-corrected chi connectivity index (χ4v) is 5.01. The summed E-state index contributed by atoms with van der Waals surface area (Å²) >= 11 is 5.97. The van der Waals surface area contributed by atoms with Crippen molar-refractivity contribution in [3.8, 4) is 11.1 Å². The Labute approximate surface area is 248 Å². The third-order valence-corrected chi connectivity index (χ3v) is 7.34. The van der Waals surface area contributed by atoms with E-state index in [2.05, 4.69) is 49.6 Å². The van der Waals surface area contributed by atoms with E-state index in [9.17, 15) is 14.0 Å². The number of anilines is 3. The van der Waals surface area contributed by atoms with Crippen molar-refractivity contribution < 1.29 is 14.0 Å². The topological polar surface area (TPSA) is 115 Å². The molecule has 2 amide bonds. The number of nitrogens with zero attached hydrogens (tertiary/aromatic N) is 3.